The van der Waals surface area contributed by atoms with Crippen molar-refractivity contribution in [1.29, 1.82) is 0 Å². The number of benzene rings is 1. The zero-order valence-electron chi connectivity index (χ0n) is 11.9. The molecular weight excluding hydrogens is 238 g/mol. The van der Waals surface area contributed by atoms with Crippen LogP contribution in [-0.4, -0.2) is 44.0 Å². The Balaban J connectivity index is 2.02. The van der Waals surface area contributed by atoms with Gasteiger partial charge in [0.2, 0.25) is 5.91 Å². The molecule has 1 N–H and O–H groups in total. The van der Waals surface area contributed by atoms with Crippen LogP contribution < -0.4 is 10.2 Å². The Kier molecular flexibility index (Phi) is 4.80. The monoisotopic (exact) mass is 261 g/mol. The fourth-order valence-corrected chi connectivity index (χ4v) is 2.30. The van der Waals surface area contributed by atoms with E-state index in [1.807, 2.05) is 11.9 Å². The number of carbonyl (C=O) groups is 1. The van der Waals surface area contributed by atoms with Crippen molar-refractivity contribution in [2.24, 2.45) is 0 Å². The van der Waals surface area contributed by atoms with E-state index in [1.165, 1.54) is 5.56 Å². The van der Waals surface area contributed by atoms with Crippen LogP contribution in [0.5, 0.6) is 0 Å². The van der Waals surface area contributed by atoms with Gasteiger partial charge >= 0.3 is 0 Å². The van der Waals surface area contributed by atoms with E-state index in [0.29, 0.717) is 6.54 Å². The van der Waals surface area contributed by atoms with Crippen LogP contribution in [-0.2, 0) is 11.3 Å². The SMILES string of the molecule is CCNCc1ccc(N2CCCN(C)C(=O)C2)cc1. The lowest BCUT2D eigenvalue weighted by molar-refractivity contribution is -0.127. The average molecular weight is 261 g/mol. The standard InChI is InChI=1S/C15H23N3O/c1-3-16-11-13-5-7-14(8-6-13)18-10-4-9-17(2)15(19)12-18/h5-8,16H,3-4,9-12H2,1-2H3. The molecule has 0 radical (unpaired) electrons. The molecule has 0 saturated carbocycles. The molecule has 2 rings (SSSR count). The Morgan fingerprint density at radius 3 is 2.63 bits per heavy atom. The molecule has 0 aliphatic carbocycles. The molecule has 1 saturated heterocycles. The summed E-state index contributed by atoms with van der Waals surface area (Å²) in [5.41, 5.74) is 2.42. The lowest BCUT2D eigenvalue weighted by Crippen LogP contribution is -2.34. The van der Waals surface area contributed by atoms with Crippen LogP contribution >= 0.6 is 0 Å². The Hall–Kier alpha value is -1.55. The third-order valence-corrected chi connectivity index (χ3v) is 3.55. The summed E-state index contributed by atoms with van der Waals surface area (Å²) in [7, 11) is 1.88. The maximum absolute atomic E-state index is 11.9. The van der Waals surface area contributed by atoms with E-state index in [9.17, 15) is 4.79 Å². The van der Waals surface area contributed by atoms with Crippen molar-refractivity contribution in [3.8, 4) is 0 Å². The third-order valence-electron chi connectivity index (χ3n) is 3.55. The highest BCUT2D eigenvalue weighted by Crippen LogP contribution is 2.17. The van der Waals surface area contributed by atoms with Crippen molar-refractivity contribution < 1.29 is 4.79 Å². The molecule has 1 fully saturated rings. The Bertz CT molecular complexity index is 416. The molecule has 0 atom stereocenters. The predicted molar refractivity (Wildman–Crippen MR) is 78.3 cm³/mol. The summed E-state index contributed by atoms with van der Waals surface area (Å²) in [5, 5.41) is 3.31. The first kappa shape index (κ1) is 13.9. The molecule has 1 aromatic rings. The second-order valence-corrected chi connectivity index (χ2v) is 5.04. The molecule has 0 spiro atoms. The summed E-state index contributed by atoms with van der Waals surface area (Å²) < 4.78 is 0. The van der Waals surface area contributed by atoms with E-state index in [0.717, 1.165) is 38.3 Å². The third kappa shape index (κ3) is 3.70. The summed E-state index contributed by atoms with van der Waals surface area (Å²) in [6.07, 6.45) is 1.03. The minimum Gasteiger partial charge on any atom is -0.362 e. The van der Waals surface area contributed by atoms with Gasteiger partial charge in [-0.25, -0.2) is 0 Å². The minimum atomic E-state index is 0.203. The van der Waals surface area contributed by atoms with Gasteiger partial charge in [-0.3, -0.25) is 4.79 Å². The van der Waals surface area contributed by atoms with Crippen LogP contribution in [0.4, 0.5) is 5.69 Å². The maximum atomic E-state index is 11.9. The topological polar surface area (TPSA) is 35.6 Å². The van der Waals surface area contributed by atoms with E-state index in [4.69, 9.17) is 0 Å². The Morgan fingerprint density at radius 2 is 1.95 bits per heavy atom. The normalized spacial score (nSPS) is 16.6. The van der Waals surface area contributed by atoms with Crippen LogP contribution in [0, 0.1) is 0 Å². The number of hydrogen-bond acceptors (Lipinski definition) is 3. The Morgan fingerprint density at radius 1 is 1.21 bits per heavy atom. The number of hydrogen-bond donors (Lipinski definition) is 1. The Labute approximate surface area is 115 Å². The van der Waals surface area contributed by atoms with Gasteiger partial charge in [-0.2, -0.15) is 0 Å². The molecule has 4 nitrogen and oxygen atoms in total. The summed E-state index contributed by atoms with van der Waals surface area (Å²) in [6.45, 7) is 6.28. The van der Waals surface area contributed by atoms with E-state index in [2.05, 4.69) is 41.4 Å². The van der Waals surface area contributed by atoms with Crippen molar-refractivity contribution in [1.82, 2.24) is 10.2 Å². The molecule has 1 heterocycles. The van der Waals surface area contributed by atoms with Crippen molar-refractivity contribution in [3.63, 3.8) is 0 Å². The molecular formula is C15H23N3O. The fourth-order valence-electron chi connectivity index (χ4n) is 2.30. The van der Waals surface area contributed by atoms with Crippen molar-refractivity contribution in [2.45, 2.75) is 19.9 Å². The largest absolute Gasteiger partial charge is 0.362 e. The highest BCUT2D eigenvalue weighted by molar-refractivity contribution is 5.81. The number of anilines is 1. The van der Waals surface area contributed by atoms with Gasteiger partial charge in [0.1, 0.15) is 0 Å². The summed E-state index contributed by atoms with van der Waals surface area (Å²) in [5.74, 6) is 0.203. The van der Waals surface area contributed by atoms with Crippen molar-refractivity contribution in [3.05, 3.63) is 29.8 Å². The average Bonchev–Trinajstić information content (AvgIpc) is 2.60. The molecule has 4 heteroatoms. The fraction of sp³-hybridized carbons (Fsp3) is 0.533. The second kappa shape index (κ2) is 6.57. The number of rotatable bonds is 4. The molecule has 1 amide bonds. The molecule has 0 unspecified atom stereocenters. The van der Waals surface area contributed by atoms with Gasteiger partial charge in [0.15, 0.2) is 0 Å². The van der Waals surface area contributed by atoms with Gasteiger partial charge in [-0.15, -0.1) is 0 Å². The lowest BCUT2D eigenvalue weighted by Gasteiger charge is -2.22. The van der Waals surface area contributed by atoms with Crippen LogP contribution in [0.25, 0.3) is 0 Å². The first-order valence-electron chi connectivity index (χ1n) is 6.99. The molecule has 0 aromatic heterocycles. The van der Waals surface area contributed by atoms with E-state index in [1.54, 1.807) is 0 Å². The van der Waals surface area contributed by atoms with Crippen molar-refractivity contribution in [2.75, 3.05) is 38.1 Å². The summed E-state index contributed by atoms with van der Waals surface area (Å²) in [6, 6.07) is 8.50. The molecule has 104 valence electrons. The minimum absolute atomic E-state index is 0.203. The van der Waals surface area contributed by atoms with Crippen LogP contribution in [0.2, 0.25) is 0 Å². The van der Waals surface area contributed by atoms with Gasteiger partial charge in [0.05, 0.1) is 6.54 Å². The van der Waals surface area contributed by atoms with Crippen molar-refractivity contribution >= 4 is 11.6 Å². The zero-order chi connectivity index (χ0) is 13.7. The quantitative estimate of drug-likeness (QED) is 0.891. The summed E-state index contributed by atoms with van der Waals surface area (Å²) >= 11 is 0. The highest BCUT2D eigenvalue weighted by atomic mass is 16.2. The number of nitrogens with zero attached hydrogens (tertiary/aromatic N) is 2. The number of likely N-dealkylation sites (N-methyl/N-ethyl adjacent to an activating group) is 1. The molecule has 0 bridgehead atoms. The molecule has 1 aromatic carbocycles. The van der Waals surface area contributed by atoms with Crippen LogP contribution in [0.15, 0.2) is 24.3 Å². The second-order valence-electron chi connectivity index (χ2n) is 5.04. The van der Waals surface area contributed by atoms with Gasteiger partial charge in [-0.05, 0) is 30.7 Å². The summed E-state index contributed by atoms with van der Waals surface area (Å²) in [4.78, 5) is 15.9. The van der Waals surface area contributed by atoms with Gasteiger partial charge < -0.3 is 15.1 Å². The van der Waals surface area contributed by atoms with E-state index >= 15 is 0 Å². The number of carbonyl (C=O) groups excluding carboxylic acids is 1. The van der Waals surface area contributed by atoms with Gasteiger partial charge in [0.25, 0.3) is 0 Å². The smallest absolute Gasteiger partial charge is 0.241 e. The lowest BCUT2D eigenvalue weighted by atomic mass is 10.2. The predicted octanol–water partition coefficient (Wildman–Crippen LogP) is 1.46. The number of nitrogens with one attached hydrogen (secondary N) is 1. The first-order chi connectivity index (χ1) is 9.20. The van der Waals surface area contributed by atoms with Crippen LogP contribution in [0.3, 0.4) is 0 Å². The van der Waals surface area contributed by atoms with E-state index < -0.39 is 0 Å². The molecule has 19 heavy (non-hydrogen) atoms. The number of amides is 1. The highest BCUT2D eigenvalue weighted by Gasteiger charge is 2.18. The van der Waals surface area contributed by atoms with E-state index in [-0.39, 0.29) is 5.91 Å². The molecule has 1 aliphatic rings. The first-order valence-corrected chi connectivity index (χ1v) is 6.99. The van der Waals surface area contributed by atoms with Crippen LogP contribution in [0.1, 0.15) is 18.9 Å². The molecule has 1 aliphatic heterocycles. The van der Waals surface area contributed by atoms with Gasteiger partial charge in [-0.1, -0.05) is 19.1 Å². The van der Waals surface area contributed by atoms with Gasteiger partial charge in [0, 0.05) is 32.4 Å². The zero-order valence-corrected chi connectivity index (χ0v) is 11.9. The maximum Gasteiger partial charge on any atom is 0.241 e.